The molecule has 0 aliphatic heterocycles. The molecule has 0 spiro atoms. The average molecular weight is 322 g/mol. The number of nitrogens with one attached hydrogen (secondary N) is 2. The van der Waals surface area contributed by atoms with Crippen molar-refractivity contribution in [2.45, 2.75) is 30.7 Å². The van der Waals surface area contributed by atoms with Gasteiger partial charge in [-0.2, -0.15) is 0 Å². The minimum atomic E-state index is -0.0498. The number of H-pyrrole nitrogens is 1. The number of aromatic nitrogens is 1. The minimum Gasteiger partial charge on any atom is -0.358 e. The number of hydrogen-bond acceptors (Lipinski definition) is 2. The maximum atomic E-state index is 12.4. The number of thiol groups is 1. The van der Waals surface area contributed by atoms with E-state index in [0.29, 0.717) is 10.5 Å². The molecule has 1 unspecified atom stereocenters. The van der Waals surface area contributed by atoms with E-state index >= 15 is 0 Å². The molecule has 0 fully saturated rings. The number of hydrogen-bond donors (Lipinski definition) is 3. The molecule has 4 rings (SSSR count). The standard InChI is InChI=1S/C19H18N2OS/c1-11-6-7-16-14(8-11)15-9-12(10-17(15)21-16)20-19(22)13-4-2-3-5-18(13)23/h2-8,12,21,23H,9-10H2,1H3,(H,20,22). The first kappa shape index (κ1) is 14.4. The Kier molecular flexibility index (Phi) is 3.42. The lowest BCUT2D eigenvalue weighted by Crippen LogP contribution is -2.35. The quantitative estimate of drug-likeness (QED) is 0.619. The highest BCUT2D eigenvalue weighted by Gasteiger charge is 2.27. The van der Waals surface area contributed by atoms with Crippen molar-refractivity contribution in [1.29, 1.82) is 0 Å². The predicted octanol–water partition coefficient (Wildman–Crippen LogP) is 3.66. The van der Waals surface area contributed by atoms with Crippen LogP contribution in [0.1, 0.15) is 27.2 Å². The van der Waals surface area contributed by atoms with Crippen LogP contribution in [0.25, 0.3) is 10.9 Å². The smallest absolute Gasteiger partial charge is 0.252 e. The first-order valence-electron chi connectivity index (χ1n) is 7.81. The molecule has 1 aliphatic rings. The van der Waals surface area contributed by atoms with Gasteiger partial charge in [0.2, 0.25) is 0 Å². The maximum Gasteiger partial charge on any atom is 0.252 e. The van der Waals surface area contributed by atoms with Crippen molar-refractivity contribution in [3.63, 3.8) is 0 Å². The highest BCUT2D eigenvalue weighted by molar-refractivity contribution is 7.80. The van der Waals surface area contributed by atoms with Gasteiger partial charge in [0.1, 0.15) is 0 Å². The van der Waals surface area contributed by atoms with Gasteiger partial charge in [-0.1, -0.05) is 23.8 Å². The van der Waals surface area contributed by atoms with Crippen LogP contribution < -0.4 is 5.32 Å². The van der Waals surface area contributed by atoms with Crippen molar-refractivity contribution < 1.29 is 4.79 Å². The fraction of sp³-hybridized carbons (Fsp3) is 0.211. The van der Waals surface area contributed by atoms with Crippen LogP contribution in [0, 0.1) is 6.92 Å². The molecule has 2 N–H and O–H groups in total. The average Bonchev–Trinajstić information content (AvgIpc) is 3.05. The first-order valence-corrected chi connectivity index (χ1v) is 8.25. The fourth-order valence-corrected chi connectivity index (χ4v) is 3.68. The van der Waals surface area contributed by atoms with E-state index in [0.717, 1.165) is 12.8 Å². The second kappa shape index (κ2) is 5.46. The van der Waals surface area contributed by atoms with E-state index in [-0.39, 0.29) is 11.9 Å². The van der Waals surface area contributed by atoms with Crippen LogP contribution in [0.4, 0.5) is 0 Å². The van der Waals surface area contributed by atoms with E-state index in [4.69, 9.17) is 0 Å². The third-order valence-electron chi connectivity index (χ3n) is 4.53. The zero-order chi connectivity index (χ0) is 16.0. The SMILES string of the molecule is Cc1ccc2[nH]c3c(c2c1)CC(NC(=O)c1ccccc1S)C3. The molecule has 0 radical (unpaired) electrons. The Morgan fingerprint density at radius 1 is 1.22 bits per heavy atom. The lowest BCUT2D eigenvalue weighted by Gasteiger charge is -2.13. The van der Waals surface area contributed by atoms with Crippen LogP contribution in [-0.4, -0.2) is 16.9 Å². The number of carbonyl (C=O) groups is 1. The summed E-state index contributed by atoms with van der Waals surface area (Å²) in [5, 5.41) is 4.42. The van der Waals surface area contributed by atoms with Crippen LogP contribution in [-0.2, 0) is 12.8 Å². The van der Waals surface area contributed by atoms with E-state index in [2.05, 4.69) is 48.1 Å². The number of benzene rings is 2. The summed E-state index contributed by atoms with van der Waals surface area (Å²) in [6.45, 7) is 2.11. The van der Waals surface area contributed by atoms with Crippen LogP contribution in [0.5, 0.6) is 0 Å². The van der Waals surface area contributed by atoms with Gasteiger partial charge in [-0.3, -0.25) is 4.79 Å². The van der Waals surface area contributed by atoms with Gasteiger partial charge in [-0.05, 0) is 43.2 Å². The van der Waals surface area contributed by atoms with Crippen molar-refractivity contribution >= 4 is 29.4 Å². The van der Waals surface area contributed by atoms with Crippen molar-refractivity contribution in [3.05, 3.63) is 64.8 Å². The Morgan fingerprint density at radius 2 is 2.04 bits per heavy atom. The van der Waals surface area contributed by atoms with Gasteiger partial charge in [-0.15, -0.1) is 12.6 Å². The van der Waals surface area contributed by atoms with Gasteiger partial charge < -0.3 is 10.3 Å². The maximum absolute atomic E-state index is 12.4. The lowest BCUT2D eigenvalue weighted by molar-refractivity contribution is 0.0935. The molecule has 1 heterocycles. The Morgan fingerprint density at radius 3 is 2.87 bits per heavy atom. The highest BCUT2D eigenvalue weighted by Crippen LogP contribution is 2.31. The zero-order valence-corrected chi connectivity index (χ0v) is 13.8. The molecule has 1 aliphatic carbocycles. The third kappa shape index (κ3) is 2.53. The van der Waals surface area contributed by atoms with E-state index in [1.807, 2.05) is 24.3 Å². The Balaban J connectivity index is 1.56. The summed E-state index contributed by atoms with van der Waals surface area (Å²) < 4.78 is 0. The molecule has 23 heavy (non-hydrogen) atoms. The minimum absolute atomic E-state index is 0.0498. The first-order chi connectivity index (χ1) is 11.1. The molecule has 0 saturated carbocycles. The molecule has 1 atom stereocenters. The summed E-state index contributed by atoms with van der Waals surface area (Å²) in [4.78, 5) is 16.6. The molecular weight excluding hydrogens is 304 g/mol. The number of carbonyl (C=O) groups excluding carboxylic acids is 1. The second-order valence-electron chi connectivity index (χ2n) is 6.23. The Hall–Kier alpha value is -2.20. The summed E-state index contributed by atoms with van der Waals surface area (Å²) in [5.41, 5.74) is 5.66. The number of rotatable bonds is 2. The summed E-state index contributed by atoms with van der Waals surface area (Å²) in [7, 11) is 0. The normalized spacial score (nSPS) is 16.5. The van der Waals surface area contributed by atoms with Crippen LogP contribution in [0.3, 0.4) is 0 Å². The van der Waals surface area contributed by atoms with Crippen LogP contribution >= 0.6 is 12.6 Å². The Bertz CT molecular complexity index is 913. The van der Waals surface area contributed by atoms with Crippen molar-refractivity contribution in [2.75, 3.05) is 0 Å². The zero-order valence-electron chi connectivity index (χ0n) is 12.9. The molecule has 0 bridgehead atoms. The molecule has 3 nitrogen and oxygen atoms in total. The van der Waals surface area contributed by atoms with E-state index in [9.17, 15) is 4.79 Å². The number of fused-ring (bicyclic) bond motifs is 3. The van der Waals surface area contributed by atoms with E-state index in [1.165, 1.54) is 27.7 Å². The van der Waals surface area contributed by atoms with Crippen molar-refractivity contribution in [2.24, 2.45) is 0 Å². The van der Waals surface area contributed by atoms with Gasteiger partial charge in [0.15, 0.2) is 0 Å². The van der Waals surface area contributed by atoms with Gasteiger partial charge in [-0.25, -0.2) is 0 Å². The van der Waals surface area contributed by atoms with Crippen molar-refractivity contribution in [1.82, 2.24) is 10.3 Å². The summed E-state index contributed by atoms with van der Waals surface area (Å²) in [5.74, 6) is -0.0498. The number of amides is 1. The van der Waals surface area contributed by atoms with Crippen LogP contribution in [0.15, 0.2) is 47.4 Å². The summed E-state index contributed by atoms with van der Waals surface area (Å²) >= 11 is 4.36. The number of aryl methyl sites for hydroxylation is 1. The largest absolute Gasteiger partial charge is 0.358 e. The lowest BCUT2D eigenvalue weighted by atomic mass is 10.1. The van der Waals surface area contributed by atoms with Gasteiger partial charge >= 0.3 is 0 Å². The molecule has 1 aromatic heterocycles. The topological polar surface area (TPSA) is 44.9 Å². The van der Waals surface area contributed by atoms with Gasteiger partial charge in [0.25, 0.3) is 5.91 Å². The van der Waals surface area contributed by atoms with Crippen LogP contribution in [0.2, 0.25) is 0 Å². The summed E-state index contributed by atoms with van der Waals surface area (Å²) in [6, 6.07) is 14.0. The monoisotopic (exact) mass is 322 g/mol. The molecule has 2 aromatic carbocycles. The Labute approximate surface area is 140 Å². The molecule has 4 heteroatoms. The van der Waals surface area contributed by atoms with Crippen molar-refractivity contribution in [3.8, 4) is 0 Å². The molecule has 1 amide bonds. The third-order valence-corrected chi connectivity index (χ3v) is 4.92. The second-order valence-corrected chi connectivity index (χ2v) is 6.71. The van der Waals surface area contributed by atoms with Gasteiger partial charge in [0, 0.05) is 34.0 Å². The predicted molar refractivity (Wildman–Crippen MR) is 95.4 cm³/mol. The molecule has 116 valence electrons. The molecule has 3 aromatic rings. The molecule has 0 saturated heterocycles. The molecular formula is C19H18N2OS. The van der Waals surface area contributed by atoms with Gasteiger partial charge in [0.05, 0.1) is 5.56 Å². The fourth-order valence-electron chi connectivity index (χ4n) is 3.42. The summed E-state index contributed by atoms with van der Waals surface area (Å²) in [6.07, 6.45) is 1.73. The van der Waals surface area contributed by atoms with E-state index < -0.39 is 0 Å². The van der Waals surface area contributed by atoms with E-state index in [1.54, 1.807) is 0 Å². The number of aromatic amines is 1. The highest BCUT2D eigenvalue weighted by atomic mass is 32.1.